The summed E-state index contributed by atoms with van der Waals surface area (Å²) in [7, 11) is 0. The Morgan fingerprint density at radius 2 is 1.56 bits per heavy atom. The lowest BCUT2D eigenvalue weighted by Crippen LogP contribution is -2.30. The normalized spacial score (nSPS) is 12.3. The average Bonchev–Trinajstić information content (AvgIpc) is 2.55. The van der Waals surface area contributed by atoms with E-state index in [1.165, 1.54) is 17.7 Å². The van der Waals surface area contributed by atoms with Gasteiger partial charge < -0.3 is 15.2 Å². The molecule has 2 aromatic carbocycles. The molecule has 0 aliphatic carbocycles. The van der Waals surface area contributed by atoms with Crippen molar-refractivity contribution in [2.24, 2.45) is 0 Å². The van der Waals surface area contributed by atoms with Crippen LogP contribution in [0.4, 0.5) is 5.69 Å². The molecule has 2 rings (SSSR count). The van der Waals surface area contributed by atoms with E-state index in [0.29, 0.717) is 11.4 Å². The van der Waals surface area contributed by atoms with Crippen molar-refractivity contribution in [2.75, 3.05) is 5.32 Å². The number of ether oxygens (including phenoxy) is 1. The maximum Gasteiger partial charge on any atom is 0.335 e. The third-order valence-corrected chi connectivity index (χ3v) is 3.80. The number of nitrogens with one attached hydrogen (secondary N) is 1. The van der Waals surface area contributed by atoms with Gasteiger partial charge in [0.1, 0.15) is 5.75 Å². The van der Waals surface area contributed by atoms with Crippen molar-refractivity contribution in [3.63, 3.8) is 0 Å². The highest BCUT2D eigenvalue weighted by Crippen LogP contribution is 2.24. The second-order valence-corrected chi connectivity index (χ2v) is 6.91. The van der Waals surface area contributed by atoms with E-state index in [1.54, 1.807) is 19.1 Å². The Bertz CT molecular complexity index is 743. The predicted octanol–water partition coefficient (Wildman–Crippen LogP) is 4.09. The molecule has 0 aliphatic rings. The van der Waals surface area contributed by atoms with Gasteiger partial charge >= 0.3 is 5.97 Å². The largest absolute Gasteiger partial charge is 0.481 e. The molecule has 0 fully saturated rings. The molecule has 5 heteroatoms. The minimum Gasteiger partial charge on any atom is -0.481 e. The highest BCUT2D eigenvalue weighted by Gasteiger charge is 2.17. The fraction of sp³-hybridized carbons (Fsp3) is 0.300. The number of carboxylic acids is 1. The average molecular weight is 341 g/mol. The zero-order chi connectivity index (χ0) is 18.6. The van der Waals surface area contributed by atoms with Crippen LogP contribution in [0.15, 0.2) is 48.5 Å². The number of carboxylic acid groups (broad SMARTS) is 1. The Labute approximate surface area is 147 Å². The second-order valence-electron chi connectivity index (χ2n) is 6.91. The van der Waals surface area contributed by atoms with Gasteiger partial charge in [-0.25, -0.2) is 4.79 Å². The Morgan fingerprint density at radius 3 is 2.04 bits per heavy atom. The number of benzene rings is 2. The SMILES string of the molecule is C[C@@H](Oc1ccc(C(C)(C)C)cc1)C(=O)Nc1ccc(C(=O)O)cc1. The number of carbonyl (C=O) groups is 2. The lowest BCUT2D eigenvalue weighted by Gasteiger charge is -2.20. The number of amides is 1. The van der Waals surface area contributed by atoms with Crippen molar-refractivity contribution >= 4 is 17.6 Å². The van der Waals surface area contributed by atoms with E-state index in [0.717, 1.165) is 0 Å². The zero-order valence-electron chi connectivity index (χ0n) is 14.9. The summed E-state index contributed by atoms with van der Waals surface area (Å²) in [5.41, 5.74) is 1.94. The van der Waals surface area contributed by atoms with Crippen LogP contribution in [0.3, 0.4) is 0 Å². The molecular formula is C20H23NO4. The van der Waals surface area contributed by atoms with Crippen molar-refractivity contribution in [1.82, 2.24) is 0 Å². The van der Waals surface area contributed by atoms with Crippen LogP contribution < -0.4 is 10.1 Å². The third kappa shape index (κ3) is 5.08. The molecule has 2 aromatic rings. The van der Waals surface area contributed by atoms with E-state index in [-0.39, 0.29) is 16.9 Å². The van der Waals surface area contributed by atoms with Crippen LogP contribution in [0, 0.1) is 0 Å². The first-order valence-corrected chi connectivity index (χ1v) is 8.08. The zero-order valence-corrected chi connectivity index (χ0v) is 14.9. The number of aromatic carboxylic acids is 1. The summed E-state index contributed by atoms with van der Waals surface area (Å²) in [5, 5.41) is 11.6. The van der Waals surface area contributed by atoms with E-state index in [1.807, 2.05) is 24.3 Å². The fourth-order valence-corrected chi connectivity index (χ4v) is 2.23. The highest BCUT2D eigenvalue weighted by molar-refractivity contribution is 5.95. The van der Waals surface area contributed by atoms with Crippen LogP contribution in [-0.4, -0.2) is 23.1 Å². The standard InChI is InChI=1S/C20H23NO4/c1-13(25-17-11-7-15(8-12-17)20(2,3)4)18(22)21-16-9-5-14(6-10-16)19(23)24/h5-13H,1-4H3,(H,21,22)(H,23,24)/t13-/m1/s1. The molecule has 0 aliphatic heterocycles. The smallest absolute Gasteiger partial charge is 0.335 e. The minimum atomic E-state index is -1.01. The molecule has 0 bridgehead atoms. The van der Waals surface area contributed by atoms with Gasteiger partial charge in [0.15, 0.2) is 6.10 Å². The highest BCUT2D eigenvalue weighted by atomic mass is 16.5. The number of rotatable bonds is 5. The summed E-state index contributed by atoms with van der Waals surface area (Å²) in [6.07, 6.45) is -0.681. The van der Waals surface area contributed by atoms with Crippen molar-refractivity contribution in [3.8, 4) is 5.75 Å². The third-order valence-electron chi connectivity index (χ3n) is 3.80. The summed E-state index contributed by atoms with van der Waals surface area (Å²) < 4.78 is 5.67. The molecule has 0 saturated heterocycles. The molecule has 0 radical (unpaired) electrons. The molecule has 0 saturated carbocycles. The van der Waals surface area contributed by atoms with Crippen LogP contribution in [0.25, 0.3) is 0 Å². The van der Waals surface area contributed by atoms with Gasteiger partial charge in [0.25, 0.3) is 5.91 Å². The van der Waals surface area contributed by atoms with Crippen LogP contribution in [0.2, 0.25) is 0 Å². The van der Waals surface area contributed by atoms with Gasteiger partial charge in [-0.15, -0.1) is 0 Å². The first kappa shape index (κ1) is 18.5. The predicted molar refractivity (Wildman–Crippen MR) is 97.3 cm³/mol. The maximum absolute atomic E-state index is 12.2. The van der Waals surface area contributed by atoms with Crippen molar-refractivity contribution < 1.29 is 19.4 Å². The lowest BCUT2D eigenvalue weighted by atomic mass is 9.87. The summed E-state index contributed by atoms with van der Waals surface area (Å²) in [5.74, 6) is -0.687. The summed E-state index contributed by atoms with van der Waals surface area (Å²) in [6.45, 7) is 8.07. The quantitative estimate of drug-likeness (QED) is 0.859. The summed E-state index contributed by atoms with van der Waals surface area (Å²) in [6, 6.07) is 13.7. The molecule has 0 spiro atoms. The second kappa shape index (κ2) is 7.38. The first-order chi connectivity index (χ1) is 11.7. The molecule has 1 atom stereocenters. The van der Waals surface area contributed by atoms with Gasteiger partial charge in [0, 0.05) is 5.69 Å². The van der Waals surface area contributed by atoms with Crippen molar-refractivity contribution in [3.05, 3.63) is 59.7 Å². The number of hydrogen-bond donors (Lipinski definition) is 2. The lowest BCUT2D eigenvalue weighted by molar-refractivity contribution is -0.122. The van der Waals surface area contributed by atoms with Gasteiger partial charge in [-0.3, -0.25) is 4.79 Å². The van der Waals surface area contributed by atoms with Crippen LogP contribution in [-0.2, 0) is 10.2 Å². The van der Waals surface area contributed by atoms with Gasteiger partial charge in [-0.05, 0) is 54.3 Å². The molecule has 132 valence electrons. The van der Waals surface area contributed by atoms with Gasteiger partial charge in [0.2, 0.25) is 0 Å². The molecule has 0 unspecified atom stereocenters. The molecule has 0 aromatic heterocycles. The monoisotopic (exact) mass is 341 g/mol. The van der Waals surface area contributed by atoms with Gasteiger partial charge in [0.05, 0.1) is 5.56 Å². The molecular weight excluding hydrogens is 318 g/mol. The Kier molecular flexibility index (Phi) is 5.47. The van der Waals surface area contributed by atoms with E-state index in [2.05, 4.69) is 26.1 Å². The van der Waals surface area contributed by atoms with E-state index in [4.69, 9.17) is 9.84 Å². The molecule has 5 nitrogen and oxygen atoms in total. The Balaban J connectivity index is 1.96. The Morgan fingerprint density at radius 1 is 1.00 bits per heavy atom. The number of anilines is 1. The van der Waals surface area contributed by atoms with Crippen molar-refractivity contribution in [2.45, 2.75) is 39.2 Å². The molecule has 1 amide bonds. The van der Waals surface area contributed by atoms with E-state index >= 15 is 0 Å². The van der Waals surface area contributed by atoms with Crippen molar-refractivity contribution in [1.29, 1.82) is 0 Å². The topological polar surface area (TPSA) is 75.6 Å². The first-order valence-electron chi connectivity index (χ1n) is 8.08. The van der Waals surface area contributed by atoms with E-state index in [9.17, 15) is 9.59 Å². The number of carbonyl (C=O) groups excluding carboxylic acids is 1. The van der Waals surface area contributed by atoms with Gasteiger partial charge in [-0.1, -0.05) is 32.9 Å². The van der Waals surface area contributed by atoms with Crippen LogP contribution in [0.1, 0.15) is 43.6 Å². The fourth-order valence-electron chi connectivity index (χ4n) is 2.23. The van der Waals surface area contributed by atoms with E-state index < -0.39 is 12.1 Å². The summed E-state index contributed by atoms with van der Waals surface area (Å²) >= 11 is 0. The van der Waals surface area contributed by atoms with Crippen LogP contribution in [0.5, 0.6) is 5.75 Å². The maximum atomic E-state index is 12.2. The summed E-state index contributed by atoms with van der Waals surface area (Å²) in [4.78, 5) is 23.0. The molecule has 0 heterocycles. The van der Waals surface area contributed by atoms with Gasteiger partial charge in [-0.2, -0.15) is 0 Å². The molecule has 25 heavy (non-hydrogen) atoms. The Hall–Kier alpha value is -2.82. The number of hydrogen-bond acceptors (Lipinski definition) is 3. The van der Waals surface area contributed by atoms with Crippen LogP contribution >= 0.6 is 0 Å². The molecule has 2 N–H and O–H groups in total. The minimum absolute atomic E-state index is 0.0592.